The molecule has 2 saturated heterocycles. The lowest BCUT2D eigenvalue weighted by atomic mass is 10.1. The van der Waals surface area contributed by atoms with Crippen molar-refractivity contribution in [2.24, 2.45) is 0 Å². The Kier molecular flexibility index (Phi) is 5.87. The maximum atomic E-state index is 6.83. The molecule has 2 aromatic heterocycles. The third-order valence-electron chi connectivity index (χ3n) is 7.11. The number of rotatable bonds is 4. The van der Waals surface area contributed by atoms with Gasteiger partial charge in [-0.2, -0.15) is 5.10 Å². The van der Waals surface area contributed by atoms with Crippen molar-refractivity contribution in [3.05, 3.63) is 11.9 Å². The van der Waals surface area contributed by atoms with Crippen LogP contribution in [-0.2, 0) is 4.74 Å². The number of ether oxygens (including phenoxy) is 1. The molecule has 0 amide bonds. The van der Waals surface area contributed by atoms with Gasteiger partial charge in [0.2, 0.25) is 0 Å². The Labute approximate surface area is 182 Å². The van der Waals surface area contributed by atoms with Crippen LogP contribution in [0.1, 0.15) is 71.2 Å². The van der Waals surface area contributed by atoms with Crippen LogP contribution in [0.2, 0.25) is 18.1 Å². The fraction of sp³-hybridized carbons (Fsp3) is 0.739. The molecule has 1 atom stereocenters. The summed E-state index contributed by atoms with van der Waals surface area (Å²) in [6.45, 7) is 16.5. The molecule has 0 aromatic carbocycles. The second-order valence-electron chi connectivity index (χ2n) is 10.4. The highest BCUT2D eigenvalue weighted by Crippen LogP contribution is 2.44. The van der Waals surface area contributed by atoms with E-state index in [1.807, 2.05) is 10.9 Å². The molecule has 2 aliphatic heterocycles. The lowest BCUT2D eigenvalue weighted by molar-refractivity contribution is -0.0371. The second kappa shape index (κ2) is 8.15. The monoisotopic (exact) mass is 430 g/mol. The van der Waals surface area contributed by atoms with Crippen molar-refractivity contribution < 1.29 is 9.16 Å². The highest BCUT2D eigenvalue weighted by atomic mass is 28.4. The van der Waals surface area contributed by atoms with Crippen LogP contribution in [0.4, 0.5) is 5.69 Å². The smallest absolute Gasteiger partial charge is 0.250 e. The van der Waals surface area contributed by atoms with Gasteiger partial charge in [-0.05, 0) is 63.6 Å². The Morgan fingerprint density at radius 2 is 1.83 bits per heavy atom. The van der Waals surface area contributed by atoms with E-state index < -0.39 is 8.32 Å². The highest BCUT2D eigenvalue weighted by Gasteiger charge is 2.40. The number of hydrogen-bond acceptors (Lipinski definition) is 5. The molecule has 0 saturated carbocycles. The van der Waals surface area contributed by atoms with Crippen molar-refractivity contribution in [1.82, 2.24) is 14.8 Å². The Morgan fingerprint density at radius 1 is 1.10 bits per heavy atom. The zero-order valence-electron chi connectivity index (χ0n) is 19.6. The van der Waals surface area contributed by atoms with Crippen LogP contribution in [0.3, 0.4) is 0 Å². The SMILES string of the molecule is Cc1nn(C2CCCCO2)c2ncc(O[Si](C)(C)C(C)(C)C)c(N3CCCCC3)c12. The Hall–Kier alpha value is -1.60. The van der Waals surface area contributed by atoms with Crippen molar-refractivity contribution >= 4 is 25.0 Å². The van der Waals surface area contributed by atoms with Crippen LogP contribution in [0.25, 0.3) is 11.0 Å². The summed E-state index contributed by atoms with van der Waals surface area (Å²) in [6.07, 6.45) is 9.00. The minimum Gasteiger partial charge on any atom is -0.541 e. The standard InChI is InChI=1S/C23H38N4O2Si/c1-17-20-21(26-13-9-7-10-14-26)18(29-30(5,6)23(2,3)4)16-24-22(20)27(25-17)19-12-8-11-15-28-19/h16,19H,7-15H2,1-6H3. The van der Waals surface area contributed by atoms with E-state index in [0.717, 1.165) is 55.0 Å². The van der Waals surface area contributed by atoms with Gasteiger partial charge in [0.05, 0.1) is 23.0 Å². The number of aryl methyl sites for hydroxylation is 1. The molecule has 0 radical (unpaired) electrons. The first-order valence-electron chi connectivity index (χ1n) is 11.6. The predicted molar refractivity (Wildman–Crippen MR) is 125 cm³/mol. The largest absolute Gasteiger partial charge is 0.541 e. The Morgan fingerprint density at radius 3 is 2.47 bits per heavy atom. The summed E-state index contributed by atoms with van der Waals surface area (Å²) in [6, 6.07) is 0. The predicted octanol–water partition coefficient (Wildman–Crippen LogP) is 5.81. The zero-order valence-corrected chi connectivity index (χ0v) is 20.6. The Balaban J connectivity index is 1.84. The van der Waals surface area contributed by atoms with Gasteiger partial charge in [-0.1, -0.05) is 20.8 Å². The molecule has 30 heavy (non-hydrogen) atoms. The van der Waals surface area contributed by atoms with Gasteiger partial charge < -0.3 is 14.1 Å². The topological polar surface area (TPSA) is 52.4 Å². The summed E-state index contributed by atoms with van der Waals surface area (Å²) >= 11 is 0. The van der Waals surface area contributed by atoms with E-state index in [2.05, 4.69) is 45.7 Å². The normalized spacial score (nSPS) is 21.3. The number of aromatic nitrogens is 3. The summed E-state index contributed by atoms with van der Waals surface area (Å²) in [4.78, 5) is 7.40. The fourth-order valence-corrected chi connectivity index (χ4v) is 5.30. The third-order valence-corrected chi connectivity index (χ3v) is 11.4. The van der Waals surface area contributed by atoms with E-state index in [1.54, 1.807) is 0 Å². The van der Waals surface area contributed by atoms with Gasteiger partial charge in [-0.25, -0.2) is 9.67 Å². The number of anilines is 1. The first kappa shape index (κ1) is 21.6. The van der Waals surface area contributed by atoms with E-state index in [9.17, 15) is 0 Å². The lowest BCUT2D eigenvalue weighted by Crippen LogP contribution is -2.44. The zero-order chi connectivity index (χ0) is 21.5. The molecular formula is C23H38N4O2Si. The summed E-state index contributed by atoms with van der Waals surface area (Å²) in [5.74, 6) is 0.934. The maximum Gasteiger partial charge on any atom is 0.250 e. The van der Waals surface area contributed by atoms with Crippen LogP contribution in [0.15, 0.2) is 6.20 Å². The number of nitrogens with zero attached hydrogens (tertiary/aromatic N) is 4. The quantitative estimate of drug-likeness (QED) is 0.573. The van der Waals surface area contributed by atoms with Gasteiger partial charge in [-0.15, -0.1) is 0 Å². The van der Waals surface area contributed by atoms with E-state index in [-0.39, 0.29) is 11.3 Å². The summed E-state index contributed by atoms with van der Waals surface area (Å²) in [5.41, 5.74) is 3.15. The van der Waals surface area contributed by atoms with Crippen molar-refractivity contribution in [2.75, 3.05) is 24.6 Å². The van der Waals surface area contributed by atoms with Crippen LogP contribution in [0, 0.1) is 6.92 Å². The molecule has 0 aliphatic carbocycles. The van der Waals surface area contributed by atoms with E-state index >= 15 is 0 Å². The molecule has 0 spiro atoms. The van der Waals surface area contributed by atoms with Gasteiger partial charge in [-0.3, -0.25) is 0 Å². The van der Waals surface area contributed by atoms with Crippen molar-refractivity contribution in [1.29, 1.82) is 0 Å². The van der Waals surface area contributed by atoms with Crippen molar-refractivity contribution in [2.45, 2.75) is 90.6 Å². The van der Waals surface area contributed by atoms with Gasteiger partial charge in [0.15, 0.2) is 11.9 Å². The molecule has 1 unspecified atom stereocenters. The molecule has 4 heterocycles. The molecule has 2 fully saturated rings. The molecule has 166 valence electrons. The van der Waals surface area contributed by atoms with Crippen molar-refractivity contribution in [3.8, 4) is 5.75 Å². The summed E-state index contributed by atoms with van der Waals surface area (Å²) in [5, 5.41) is 6.19. The fourth-order valence-electron chi connectivity index (χ4n) is 4.29. The Bertz CT molecular complexity index is 891. The molecule has 7 heteroatoms. The van der Waals surface area contributed by atoms with Crippen LogP contribution in [-0.4, -0.2) is 42.8 Å². The number of fused-ring (bicyclic) bond motifs is 1. The van der Waals surface area contributed by atoms with Gasteiger partial charge in [0.25, 0.3) is 8.32 Å². The van der Waals surface area contributed by atoms with E-state index in [0.29, 0.717) is 0 Å². The number of pyridine rings is 1. The molecule has 4 rings (SSSR count). The first-order chi connectivity index (χ1) is 14.2. The molecule has 2 aliphatic rings. The first-order valence-corrected chi connectivity index (χ1v) is 14.5. The molecule has 0 N–H and O–H groups in total. The van der Waals surface area contributed by atoms with Gasteiger partial charge >= 0.3 is 0 Å². The lowest BCUT2D eigenvalue weighted by Gasteiger charge is -2.38. The summed E-state index contributed by atoms with van der Waals surface area (Å²) < 4.78 is 14.9. The van der Waals surface area contributed by atoms with Crippen LogP contribution < -0.4 is 9.33 Å². The molecule has 6 nitrogen and oxygen atoms in total. The third kappa shape index (κ3) is 3.98. The maximum absolute atomic E-state index is 6.83. The molecule has 0 bridgehead atoms. The van der Waals surface area contributed by atoms with Crippen LogP contribution in [0.5, 0.6) is 5.75 Å². The van der Waals surface area contributed by atoms with Crippen LogP contribution >= 0.6 is 0 Å². The molecule has 2 aromatic rings. The minimum absolute atomic E-state index is 0.0104. The average molecular weight is 431 g/mol. The van der Waals surface area contributed by atoms with Gasteiger partial charge in [0.1, 0.15) is 5.75 Å². The van der Waals surface area contributed by atoms with Crippen molar-refractivity contribution in [3.63, 3.8) is 0 Å². The second-order valence-corrected chi connectivity index (χ2v) is 15.2. The highest BCUT2D eigenvalue weighted by molar-refractivity contribution is 6.74. The van der Waals surface area contributed by atoms with Gasteiger partial charge in [0, 0.05) is 19.7 Å². The molecular weight excluding hydrogens is 392 g/mol. The average Bonchev–Trinajstić information content (AvgIpc) is 3.05. The summed E-state index contributed by atoms with van der Waals surface area (Å²) in [7, 11) is -1.99. The van der Waals surface area contributed by atoms with E-state index in [1.165, 1.54) is 31.4 Å². The number of piperidine rings is 1. The number of hydrogen-bond donors (Lipinski definition) is 0. The minimum atomic E-state index is -1.99. The van der Waals surface area contributed by atoms with E-state index in [4.69, 9.17) is 19.2 Å².